The molecule has 11 heteroatoms. The van der Waals surface area contributed by atoms with Gasteiger partial charge in [0.2, 0.25) is 0 Å². The zero-order valence-electron chi connectivity index (χ0n) is 22.7. The molecule has 3 N–H and O–H groups in total. The van der Waals surface area contributed by atoms with E-state index in [1.807, 2.05) is 39.0 Å². The number of hydrogen-bond acceptors (Lipinski definition) is 7. The van der Waals surface area contributed by atoms with Crippen LogP contribution in [0.15, 0.2) is 59.7 Å². The summed E-state index contributed by atoms with van der Waals surface area (Å²) in [7, 11) is 1.57. The van der Waals surface area contributed by atoms with E-state index >= 15 is 0 Å². The molecule has 0 aliphatic rings. The summed E-state index contributed by atoms with van der Waals surface area (Å²) in [6.45, 7) is 6.09. The third-order valence-corrected chi connectivity index (χ3v) is 6.56. The standard InChI is InChI=1S/C29H31IN4O6/c1-5-39-25-14-21(16-32-34-29(37)28(36)31-15-20-9-11-22(38-4)12-10-20)13-23(30)27(25)40-17-26(35)33-24-8-6-7-18(2)19(24)3/h6-14,16H,5,15,17H2,1-4H3,(H,31,36)(H,33,35)(H,34,37)/b32-16-. The van der Waals surface area contributed by atoms with Crippen molar-refractivity contribution >= 4 is 52.2 Å². The topological polar surface area (TPSA) is 127 Å². The molecule has 0 bridgehead atoms. The molecular formula is C29H31IN4O6. The first-order valence-corrected chi connectivity index (χ1v) is 13.5. The largest absolute Gasteiger partial charge is 0.497 e. The Morgan fingerprint density at radius 3 is 2.45 bits per heavy atom. The lowest BCUT2D eigenvalue weighted by atomic mass is 10.1. The van der Waals surface area contributed by atoms with Crippen LogP contribution >= 0.6 is 22.6 Å². The van der Waals surface area contributed by atoms with Crippen molar-refractivity contribution in [2.45, 2.75) is 27.3 Å². The van der Waals surface area contributed by atoms with E-state index in [0.29, 0.717) is 33.0 Å². The maximum absolute atomic E-state index is 12.5. The number of aryl methyl sites for hydroxylation is 1. The van der Waals surface area contributed by atoms with E-state index in [1.165, 1.54) is 6.21 Å². The number of nitrogens with zero attached hydrogens (tertiary/aromatic N) is 1. The minimum absolute atomic E-state index is 0.181. The fourth-order valence-corrected chi connectivity index (χ4v) is 4.28. The molecular weight excluding hydrogens is 627 g/mol. The Labute approximate surface area is 246 Å². The third kappa shape index (κ3) is 8.70. The highest BCUT2D eigenvalue weighted by Crippen LogP contribution is 2.34. The van der Waals surface area contributed by atoms with Crippen molar-refractivity contribution in [1.29, 1.82) is 0 Å². The molecule has 3 rings (SSSR count). The van der Waals surface area contributed by atoms with Crippen LogP contribution in [-0.4, -0.2) is 44.3 Å². The Balaban J connectivity index is 1.57. The zero-order valence-corrected chi connectivity index (χ0v) is 24.8. The van der Waals surface area contributed by atoms with Crippen molar-refractivity contribution in [1.82, 2.24) is 10.7 Å². The lowest BCUT2D eigenvalue weighted by Gasteiger charge is -2.15. The molecule has 10 nitrogen and oxygen atoms in total. The van der Waals surface area contributed by atoms with Crippen LogP contribution in [-0.2, 0) is 20.9 Å². The Morgan fingerprint density at radius 1 is 1.00 bits per heavy atom. The summed E-state index contributed by atoms with van der Waals surface area (Å²) in [5.74, 6) is -0.496. The van der Waals surface area contributed by atoms with Crippen LogP contribution < -0.4 is 30.3 Å². The second-order valence-electron chi connectivity index (χ2n) is 8.58. The minimum atomic E-state index is -0.903. The van der Waals surface area contributed by atoms with Gasteiger partial charge in [0.05, 0.1) is 23.5 Å². The van der Waals surface area contributed by atoms with Crippen LogP contribution in [0.3, 0.4) is 0 Å². The lowest BCUT2D eigenvalue weighted by Crippen LogP contribution is -2.37. The highest BCUT2D eigenvalue weighted by Gasteiger charge is 2.15. The molecule has 0 saturated heterocycles. The van der Waals surface area contributed by atoms with E-state index in [9.17, 15) is 14.4 Å². The fourth-order valence-electron chi connectivity index (χ4n) is 3.50. The van der Waals surface area contributed by atoms with Crippen molar-refractivity contribution in [3.8, 4) is 17.2 Å². The number of anilines is 1. The molecule has 0 aliphatic carbocycles. The van der Waals surface area contributed by atoms with E-state index in [2.05, 4.69) is 43.8 Å². The number of methoxy groups -OCH3 is 1. The van der Waals surface area contributed by atoms with Crippen molar-refractivity contribution in [3.05, 3.63) is 80.4 Å². The third-order valence-electron chi connectivity index (χ3n) is 5.76. The number of ether oxygens (including phenoxy) is 3. The first-order valence-electron chi connectivity index (χ1n) is 12.4. The van der Waals surface area contributed by atoms with Gasteiger partial charge in [0.15, 0.2) is 18.1 Å². The second-order valence-corrected chi connectivity index (χ2v) is 9.74. The molecule has 0 aromatic heterocycles. The Hall–Kier alpha value is -4.13. The van der Waals surface area contributed by atoms with Gasteiger partial charge in [-0.25, -0.2) is 5.43 Å². The SMILES string of the molecule is CCOc1cc(/C=N\NC(=O)C(=O)NCc2ccc(OC)cc2)cc(I)c1OCC(=O)Nc1cccc(C)c1C. The number of hydrogen-bond donors (Lipinski definition) is 3. The molecule has 0 fully saturated rings. The first-order chi connectivity index (χ1) is 19.2. The molecule has 0 spiro atoms. The number of benzene rings is 3. The number of nitrogens with one attached hydrogen (secondary N) is 3. The van der Waals surface area contributed by atoms with E-state index in [4.69, 9.17) is 14.2 Å². The van der Waals surface area contributed by atoms with Gasteiger partial charge in [0.1, 0.15) is 5.75 Å². The summed E-state index contributed by atoms with van der Waals surface area (Å²) in [4.78, 5) is 36.8. The zero-order chi connectivity index (χ0) is 29.1. The van der Waals surface area contributed by atoms with E-state index in [0.717, 1.165) is 22.4 Å². The maximum atomic E-state index is 12.5. The van der Waals surface area contributed by atoms with Crippen molar-refractivity contribution in [2.75, 3.05) is 25.6 Å². The summed E-state index contributed by atoms with van der Waals surface area (Å²) < 4.78 is 17.3. The number of rotatable bonds is 11. The molecule has 0 unspecified atom stereocenters. The van der Waals surface area contributed by atoms with Crippen molar-refractivity contribution in [3.63, 3.8) is 0 Å². The first kappa shape index (κ1) is 30.4. The van der Waals surface area contributed by atoms with Crippen LogP contribution in [0.2, 0.25) is 0 Å². The molecule has 3 amide bonds. The molecule has 0 heterocycles. The quantitative estimate of drug-likeness (QED) is 0.123. The number of hydrazone groups is 1. The average molecular weight is 658 g/mol. The average Bonchev–Trinajstić information content (AvgIpc) is 2.94. The predicted molar refractivity (Wildman–Crippen MR) is 161 cm³/mol. The summed E-state index contributed by atoms with van der Waals surface area (Å²) >= 11 is 2.07. The number of amides is 3. The van der Waals surface area contributed by atoms with Gasteiger partial charge in [0, 0.05) is 12.2 Å². The Bertz CT molecular complexity index is 1390. The van der Waals surface area contributed by atoms with Crippen LogP contribution in [0.1, 0.15) is 29.2 Å². The van der Waals surface area contributed by atoms with E-state index < -0.39 is 11.8 Å². The summed E-state index contributed by atoms with van der Waals surface area (Å²) in [5.41, 5.74) is 6.43. The highest BCUT2D eigenvalue weighted by atomic mass is 127. The summed E-state index contributed by atoms with van der Waals surface area (Å²) in [6, 6.07) is 16.2. The summed E-state index contributed by atoms with van der Waals surface area (Å²) in [6.07, 6.45) is 1.39. The second kappa shape index (κ2) is 14.9. The number of carbonyl (C=O) groups is 3. The van der Waals surface area contributed by atoms with Gasteiger partial charge in [-0.2, -0.15) is 5.10 Å². The van der Waals surface area contributed by atoms with Crippen LogP contribution in [0.5, 0.6) is 17.2 Å². The number of halogens is 1. The molecule has 40 heavy (non-hydrogen) atoms. The van der Waals surface area contributed by atoms with Crippen molar-refractivity contribution < 1.29 is 28.6 Å². The smallest absolute Gasteiger partial charge is 0.329 e. The molecule has 210 valence electrons. The van der Waals surface area contributed by atoms with Crippen LogP contribution in [0, 0.1) is 17.4 Å². The highest BCUT2D eigenvalue weighted by molar-refractivity contribution is 14.1. The lowest BCUT2D eigenvalue weighted by molar-refractivity contribution is -0.139. The van der Waals surface area contributed by atoms with E-state index in [1.54, 1.807) is 43.5 Å². The molecule has 0 radical (unpaired) electrons. The van der Waals surface area contributed by atoms with Gasteiger partial charge in [-0.15, -0.1) is 0 Å². The van der Waals surface area contributed by atoms with Gasteiger partial charge in [-0.3, -0.25) is 14.4 Å². The van der Waals surface area contributed by atoms with Gasteiger partial charge in [0.25, 0.3) is 5.91 Å². The molecule has 0 aliphatic heterocycles. The number of carbonyl (C=O) groups excluding carboxylic acids is 3. The van der Waals surface area contributed by atoms with Gasteiger partial charge < -0.3 is 24.8 Å². The van der Waals surface area contributed by atoms with Crippen LogP contribution in [0.25, 0.3) is 0 Å². The van der Waals surface area contributed by atoms with E-state index in [-0.39, 0.29) is 19.1 Å². The monoisotopic (exact) mass is 658 g/mol. The maximum Gasteiger partial charge on any atom is 0.329 e. The van der Waals surface area contributed by atoms with Crippen molar-refractivity contribution in [2.24, 2.45) is 5.10 Å². The molecule has 3 aromatic carbocycles. The molecule has 0 atom stereocenters. The summed E-state index contributed by atoms with van der Waals surface area (Å²) in [5, 5.41) is 9.29. The van der Waals surface area contributed by atoms with Crippen LogP contribution in [0.4, 0.5) is 5.69 Å². The molecule has 0 saturated carbocycles. The van der Waals surface area contributed by atoms with Gasteiger partial charge in [-0.05, 0) is 95.9 Å². The molecule has 3 aromatic rings. The predicted octanol–water partition coefficient (Wildman–Crippen LogP) is 4.10. The van der Waals surface area contributed by atoms with Gasteiger partial charge in [-0.1, -0.05) is 24.3 Å². The Kier molecular flexibility index (Phi) is 11.3. The minimum Gasteiger partial charge on any atom is -0.497 e. The van der Waals surface area contributed by atoms with Gasteiger partial charge >= 0.3 is 11.8 Å². The fraction of sp³-hybridized carbons (Fsp3) is 0.241. The Morgan fingerprint density at radius 2 is 1.75 bits per heavy atom. The normalized spacial score (nSPS) is 10.6.